The Morgan fingerprint density at radius 1 is 0.587 bits per heavy atom. The molecule has 2 aromatic carbocycles. The number of rotatable bonds is 4. The molecule has 0 spiro atoms. The summed E-state index contributed by atoms with van der Waals surface area (Å²) in [6, 6.07) is 21.0. The van der Waals surface area contributed by atoms with Crippen molar-refractivity contribution in [3.63, 3.8) is 0 Å². The highest BCUT2D eigenvalue weighted by atomic mass is 16.1. The second-order valence-electron chi connectivity index (χ2n) is 15.1. The number of hydrogen-bond donors (Lipinski definition) is 0. The smallest absolute Gasteiger partial charge is 0.146 e. The molecule has 0 saturated heterocycles. The van der Waals surface area contributed by atoms with E-state index >= 15 is 0 Å². The van der Waals surface area contributed by atoms with Crippen molar-refractivity contribution in [3.8, 4) is 23.7 Å². The molecule has 8 rings (SSSR count). The summed E-state index contributed by atoms with van der Waals surface area (Å²) in [7, 11) is 8.52. The van der Waals surface area contributed by atoms with E-state index in [2.05, 4.69) is 110 Å². The highest BCUT2D eigenvalue weighted by molar-refractivity contribution is 6.09. The van der Waals surface area contributed by atoms with Crippen LogP contribution in [0.4, 0.5) is 0 Å². The van der Waals surface area contributed by atoms with Crippen LogP contribution in [-0.4, -0.2) is 60.6 Å². The third-order valence-corrected chi connectivity index (χ3v) is 13.2. The first kappa shape index (κ1) is 29.7. The zero-order valence-electron chi connectivity index (χ0n) is 27.7. The van der Waals surface area contributed by atoms with Gasteiger partial charge in [0.1, 0.15) is 11.6 Å². The average molecular weight is 609 g/mol. The van der Waals surface area contributed by atoms with Crippen molar-refractivity contribution in [3.05, 3.63) is 82.9 Å². The molecule has 6 atom stereocenters. The molecule has 2 aromatic rings. The molecule has 46 heavy (non-hydrogen) atoms. The minimum absolute atomic E-state index is 0.243. The molecule has 0 heterocycles. The molecule has 6 aliphatic rings. The lowest BCUT2D eigenvalue weighted by molar-refractivity contribution is -0.126. The maximum absolute atomic E-state index is 14.1. The number of carbonyl (C=O) groups excluding carboxylic acids is 2. The maximum atomic E-state index is 14.1. The van der Waals surface area contributed by atoms with Gasteiger partial charge in [-0.25, -0.2) is 0 Å². The molecule has 0 amide bonds. The topological polar surface area (TPSA) is 40.6 Å². The molecule has 4 heteroatoms. The SMILES string of the molecule is CN(C)[C@]12CC(=O)[C@@]3(CCCC[C@@H]31)C(c1ccccc1)=C2C#CC#CC1=C(c2ccccc2)[C@@]23CCCC[C@@H]2[C@]1(N(C)C)CC3=O. The lowest BCUT2D eigenvalue weighted by atomic mass is 9.64. The Bertz CT molecular complexity index is 1690. The molecule has 0 N–H and O–H groups in total. The fourth-order valence-electron chi connectivity index (χ4n) is 11.6. The van der Waals surface area contributed by atoms with Gasteiger partial charge in [-0.15, -0.1) is 0 Å². The largest absolute Gasteiger partial charge is 0.299 e. The number of carbonyl (C=O) groups is 2. The molecular formula is C42H44N2O2. The van der Waals surface area contributed by atoms with E-state index in [1.54, 1.807) is 0 Å². The summed E-state index contributed by atoms with van der Waals surface area (Å²) >= 11 is 0. The summed E-state index contributed by atoms with van der Waals surface area (Å²) in [6.07, 6.45) is 9.43. The molecule has 234 valence electrons. The monoisotopic (exact) mass is 608 g/mol. The first-order chi connectivity index (χ1) is 22.3. The lowest BCUT2D eigenvalue weighted by Gasteiger charge is -2.42. The quantitative estimate of drug-likeness (QED) is 0.357. The number of allylic oxidation sites excluding steroid dienone is 2. The van der Waals surface area contributed by atoms with Crippen LogP contribution in [-0.2, 0) is 9.59 Å². The normalized spacial score (nSPS) is 35.7. The Hall–Kier alpha value is -3.70. The number of nitrogens with zero attached hydrogens (tertiary/aromatic N) is 2. The van der Waals surface area contributed by atoms with E-state index in [4.69, 9.17) is 0 Å². The van der Waals surface area contributed by atoms with Crippen LogP contribution < -0.4 is 0 Å². The van der Waals surface area contributed by atoms with Gasteiger partial charge in [-0.3, -0.25) is 19.4 Å². The third kappa shape index (κ3) is 3.50. The van der Waals surface area contributed by atoms with Crippen LogP contribution in [0, 0.1) is 46.3 Å². The Kier molecular flexibility index (Phi) is 6.71. The van der Waals surface area contributed by atoms with E-state index in [-0.39, 0.29) is 11.8 Å². The van der Waals surface area contributed by atoms with Crippen LogP contribution in [0.5, 0.6) is 0 Å². The maximum Gasteiger partial charge on any atom is 0.146 e. The first-order valence-corrected chi connectivity index (χ1v) is 17.3. The molecule has 0 aliphatic heterocycles. The van der Waals surface area contributed by atoms with Crippen molar-refractivity contribution in [2.75, 3.05) is 28.2 Å². The van der Waals surface area contributed by atoms with E-state index in [9.17, 15) is 9.59 Å². The van der Waals surface area contributed by atoms with Crippen LogP contribution in [0.3, 0.4) is 0 Å². The molecule has 6 aliphatic carbocycles. The highest BCUT2D eigenvalue weighted by Gasteiger charge is 2.73. The standard InChI is InChI=1S/C42H44N2O2/c1-43(2)41-27-35(45)39(25-15-13-23-33(39)41)37(29-17-7-5-8-18-29)31(41)21-11-12-22-32-38(30-19-9-6-10-20-30)40-26-16-14-24-34(40)42(32,44(3)4)28-36(40)46/h5-10,17-20,33-34H,13-16,23-28H2,1-4H3/t33-,34-,39-,40-,41-,42-/m0/s1. The fraction of sp³-hybridized carbons (Fsp3) is 0.476. The summed E-state index contributed by atoms with van der Waals surface area (Å²) in [4.78, 5) is 32.7. The van der Waals surface area contributed by atoms with Gasteiger partial charge in [0.2, 0.25) is 0 Å². The molecule has 0 radical (unpaired) electrons. The van der Waals surface area contributed by atoms with Gasteiger partial charge in [0.25, 0.3) is 0 Å². The number of benzene rings is 2. The lowest BCUT2D eigenvalue weighted by Crippen LogP contribution is -2.48. The average Bonchev–Trinajstić information content (AvgIpc) is 3.69. The van der Waals surface area contributed by atoms with Crippen LogP contribution in [0.1, 0.15) is 75.3 Å². The molecule has 4 nitrogen and oxygen atoms in total. The Morgan fingerprint density at radius 2 is 0.978 bits per heavy atom. The van der Waals surface area contributed by atoms with Gasteiger partial charge < -0.3 is 0 Å². The zero-order chi connectivity index (χ0) is 31.9. The van der Waals surface area contributed by atoms with Crippen LogP contribution >= 0.6 is 0 Å². The van der Waals surface area contributed by atoms with Gasteiger partial charge in [-0.05, 0) is 99.8 Å². The predicted octanol–water partition coefficient (Wildman–Crippen LogP) is 6.83. The van der Waals surface area contributed by atoms with Crippen molar-refractivity contribution >= 4 is 22.7 Å². The molecule has 4 bridgehead atoms. The van der Waals surface area contributed by atoms with Crippen molar-refractivity contribution in [2.24, 2.45) is 22.7 Å². The predicted molar refractivity (Wildman–Crippen MR) is 183 cm³/mol. The summed E-state index contributed by atoms with van der Waals surface area (Å²) in [6.45, 7) is 0. The van der Waals surface area contributed by atoms with E-state index in [1.807, 2.05) is 12.1 Å². The van der Waals surface area contributed by atoms with E-state index in [0.29, 0.717) is 24.4 Å². The molecular weight excluding hydrogens is 564 g/mol. The fourth-order valence-corrected chi connectivity index (χ4v) is 11.6. The second kappa shape index (κ2) is 10.4. The van der Waals surface area contributed by atoms with Crippen LogP contribution in [0.25, 0.3) is 11.1 Å². The van der Waals surface area contributed by atoms with Gasteiger partial charge >= 0.3 is 0 Å². The zero-order valence-corrected chi connectivity index (χ0v) is 27.7. The van der Waals surface area contributed by atoms with Crippen molar-refractivity contribution < 1.29 is 9.59 Å². The highest BCUT2D eigenvalue weighted by Crippen LogP contribution is 2.71. The number of Topliss-reactive ketones (excluding diaryl/α,β-unsaturated/α-hetero) is 2. The summed E-state index contributed by atoms with van der Waals surface area (Å²) in [5.41, 5.74) is 5.03. The van der Waals surface area contributed by atoms with Gasteiger partial charge in [0.05, 0.1) is 21.9 Å². The second-order valence-corrected chi connectivity index (χ2v) is 15.1. The van der Waals surface area contributed by atoms with Crippen molar-refractivity contribution in [1.82, 2.24) is 9.80 Å². The molecule has 4 fully saturated rings. The van der Waals surface area contributed by atoms with Crippen LogP contribution in [0.2, 0.25) is 0 Å². The van der Waals surface area contributed by atoms with Crippen LogP contribution in [0.15, 0.2) is 71.8 Å². The number of ketones is 2. The molecule has 0 aromatic heterocycles. The minimum atomic E-state index is -0.459. The van der Waals surface area contributed by atoms with Gasteiger partial charge in [0.15, 0.2) is 0 Å². The van der Waals surface area contributed by atoms with E-state index < -0.39 is 21.9 Å². The van der Waals surface area contributed by atoms with E-state index in [0.717, 1.165) is 84.8 Å². The Balaban J connectivity index is 1.33. The summed E-state index contributed by atoms with van der Waals surface area (Å²) < 4.78 is 0. The minimum Gasteiger partial charge on any atom is -0.299 e. The van der Waals surface area contributed by atoms with Gasteiger partial charge in [-0.2, -0.15) is 0 Å². The summed E-state index contributed by atoms with van der Waals surface area (Å²) in [5.74, 6) is 15.3. The van der Waals surface area contributed by atoms with Crippen molar-refractivity contribution in [1.29, 1.82) is 0 Å². The van der Waals surface area contributed by atoms with E-state index in [1.165, 1.54) is 0 Å². The Morgan fingerprint density at radius 3 is 1.35 bits per heavy atom. The Labute approximate surface area is 274 Å². The van der Waals surface area contributed by atoms with Crippen molar-refractivity contribution in [2.45, 2.75) is 75.3 Å². The summed E-state index contributed by atoms with van der Waals surface area (Å²) in [5, 5.41) is 0. The molecule has 4 saturated carbocycles. The number of hydrogen-bond acceptors (Lipinski definition) is 4. The molecule has 0 unspecified atom stereocenters. The third-order valence-electron chi connectivity index (χ3n) is 13.2. The van der Waals surface area contributed by atoms with Gasteiger partial charge in [0, 0.05) is 24.0 Å². The number of likely N-dealkylation sites (N-methyl/N-ethyl adjacent to an activating group) is 2. The van der Waals surface area contributed by atoms with Gasteiger partial charge in [-0.1, -0.05) is 98.2 Å². The first-order valence-electron chi connectivity index (χ1n) is 17.3.